The van der Waals surface area contributed by atoms with E-state index in [1.54, 1.807) is 6.92 Å². The Hall–Kier alpha value is -2.54. The fourth-order valence-electron chi connectivity index (χ4n) is 3.77. The number of rotatable bonds is 5. The molecule has 0 N–H and O–H groups in total. The van der Waals surface area contributed by atoms with Crippen LogP contribution >= 0.6 is 7.26 Å². The first-order valence-electron chi connectivity index (χ1n) is 9.40. The summed E-state index contributed by atoms with van der Waals surface area (Å²) in [6.07, 6.45) is 0. The van der Waals surface area contributed by atoms with E-state index in [-0.39, 0.29) is 22.8 Å². The first kappa shape index (κ1) is 21.2. The van der Waals surface area contributed by atoms with E-state index in [0.717, 1.165) is 5.56 Å². The second kappa shape index (κ2) is 9.31. The molecule has 0 saturated carbocycles. The third-order valence-corrected chi connectivity index (χ3v) is 9.38. The lowest BCUT2D eigenvalue weighted by Gasteiger charge is -2.27. The van der Waals surface area contributed by atoms with Crippen molar-refractivity contribution < 1.29 is 21.8 Å². The number of benzene rings is 4. The fraction of sp³-hybridized carbons (Fsp3) is 0.0385. The second-order valence-electron chi connectivity index (χ2n) is 6.78. The molecule has 0 saturated heterocycles. The summed E-state index contributed by atoms with van der Waals surface area (Å²) in [5.41, 5.74) is 0.746. The van der Waals surface area contributed by atoms with Gasteiger partial charge in [0.15, 0.2) is 5.78 Å². The van der Waals surface area contributed by atoms with E-state index >= 15 is 0 Å². The number of halogens is 1. The van der Waals surface area contributed by atoms with E-state index in [1.165, 1.54) is 21.2 Å². The van der Waals surface area contributed by atoms with Crippen LogP contribution < -0.4 is 38.2 Å². The van der Waals surface area contributed by atoms with Gasteiger partial charge in [0.05, 0.1) is 0 Å². The van der Waals surface area contributed by atoms with Gasteiger partial charge in [0.25, 0.3) is 0 Å². The fourth-order valence-corrected chi connectivity index (χ4v) is 8.01. The van der Waals surface area contributed by atoms with Crippen LogP contribution in [0.2, 0.25) is 0 Å². The molecular formula is C26H22BrOP. The highest BCUT2D eigenvalue weighted by Gasteiger charge is 2.47. The van der Waals surface area contributed by atoms with Gasteiger partial charge in [-0.1, -0.05) is 54.6 Å². The van der Waals surface area contributed by atoms with Crippen molar-refractivity contribution in [3.8, 4) is 0 Å². The minimum absolute atomic E-state index is 0. The van der Waals surface area contributed by atoms with Gasteiger partial charge in [-0.2, -0.15) is 0 Å². The molecule has 0 bridgehead atoms. The Kier molecular flexibility index (Phi) is 6.79. The van der Waals surface area contributed by atoms with Crippen LogP contribution in [0.15, 0.2) is 115 Å². The van der Waals surface area contributed by atoms with E-state index in [4.69, 9.17) is 0 Å². The van der Waals surface area contributed by atoms with Crippen molar-refractivity contribution in [2.75, 3.05) is 0 Å². The third-order valence-electron chi connectivity index (χ3n) is 5.09. The summed E-state index contributed by atoms with van der Waals surface area (Å²) in [4.78, 5) is 11.8. The van der Waals surface area contributed by atoms with Crippen LogP contribution in [-0.2, 0) is 0 Å². The molecule has 29 heavy (non-hydrogen) atoms. The molecule has 0 unspecified atom stereocenters. The van der Waals surface area contributed by atoms with Crippen LogP contribution in [0.4, 0.5) is 0 Å². The molecule has 0 amide bonds. The van der Waals surface area contributed by atoms with Crippen molar-refractivity contribution in [2.45, 2.75) is 6.92 Å². The minimum Gasteiger partial charge on any atom is -1.00 e. The molecule has 4 rings (SSSR count). The average Bonchev–Trinajstić information content (AvgIpc) is 2.77. The van der Waals surface area contributed by atoms with E-state index < -0.39 is 7.26 Å². The van der Waals surface area contributed by atoms with Gasteiger partial charge in [0.1, 0.15) is 28.5 Å². The maximum atomic E-state index is 11.8. The molecule has 0 spiro atoms. The highest BCUT2D eigenvalue weighted by atomic mass is 79.9. The van der Waals surface area contributed by atoms with Crippen LogP contribution in [0, 0.1) is 0 Å². The summed E-state index contributed by atoms with van der Waals surface area (Å²) in [6, 6.07) is 40.4. The molecule has 3 heteroatoms. The van der Waals surface area contributed by atoms with Gasteiger partial charge >= 0.3 is 0 Å². The first-order valence-corrected chi connectivity index (χ1v) is 11.2. The molecule has 144 valence electrons. The van der Waals surface area contributed by atoms with E-state index in [9.17, 15) is 4.79 Å². The molecule has 0 aliphatic carbocycles. The first-order chi connectivity index (χ1) is 13.7. The maximum Gasteiger partial charge on any atom is 0.159 e. The van der Waals surface area contributed by atoms with Gasteiger partial charge < -0.3 is 17.0 Å². The smallest absolute Gasteiger partial charge is 0.159 e. The van der Waals surface area contributed by atoms with Gasteiger partial charge in [-0.3, -0.25) is 4.79 Å². The summed E-state index contributed by atoms with van der Waals surface area (Å²) in [5, 5.41) is 5.18. The Bertz CT molecular complexity index is 965. The Morgan fingerprint density at radius 1 is 0.517 bits per heavy atom. The van der Waals surface area contributed by atoms with Crippen molar-refractivity contribution in [1.29, 1.82) is 0 Å². The molecule has 0 atom stereocenters. The lowest BCUT2D eigenvalue weighted by atomic mass is 10.2. The lowest BCUT2D eigenvalue weighted by molar-refractivity contribution is -0.0000134. The minimum atomic E-state index is -2.07. The average molecular weight is 461 g/mol. The van der Waals surface area contributed by atoms with Crippen LogP contribution in [0.3, 0.4) is 0 Å². The van der Waals surface area contributed by atoms with Crippen LogP contribution in [0.5, 0.6) is 0 Å². The number of hydrogen-bond acceptors (Lipinski definition) is 1. The van der Waals surface area contributed by atoms with E-state index in [0.29, 0.717) is 0 Å². The van der Waals surface area contributed by atoms with Gasteiger partial charge in [-0.25, -0.2) is 0 Å². The number of Topliss-reactive ketones (excluding diaryl/α,β-unsaturated/α-hetero) is 1. The summed E-state index contributed by atoms with van der Waals surface area (Å²) >= 11 is 0. The van der Waals surface area contributed by atoms with Crippen LogP contribution in [-0.4, -0.2) is 5.78 Å². The molecular weight excluding hydrogens is 439 g/mol. The Morgan fingerprint density at radius 3 is 1.14 bits per heavy atom. The number of ketones is 1. The van der Waals surface area contributed by atoms with Gasteiger partial charge in [0.2, 0.25) is 0 Å². The molecule has 0 radical (unpaired) electrons. The summed E-state index contributed by atoms with van der Waals surface area (Å²) in [5.74, 6) is 0.0922. The summed E-state index contributed by atoms with van der Waals surface area (Å²) in [7, 11) is -2.07. The zero-order valence-corrected chi connectivity index (χ0v) is 18.7. The highest BCUT2D eigenvalue weighted by Crippen LogP contribution is 2.54. The lowest BCUT2D eigenvalue weighted by Crippen LogP contribution is -3.00. The monoisotopic (exact) mass is 460 g/mol. The van der Waals surface area contributed by atoms with Crippen molar-refractivity contribution in [1.82, 2.24) is 0 Å². The largest absolute Gasteiger partial charge is 1.00 e. The second-order valence-corrected chi connectivity index (χ2v) is 10.2. The molecule has 1 nitrogen and oxygen atoms in total. The zero-order valence-electron chi connectivity index (χ0n) is 16.2. The number of hydrogen-bond donors (Lipinski definition) is 0. The molecule has 4 aromatic carbocycles. The van der Waals surface area contributed by atoms with Crippen molar-refractivity contribution in [3.05, 3.63) is 121 Å². The van der Waals surface area contributed by atoms with Crippen molar-refractivity contribution >= 4 is 34.3 Å². The standard InChI is InChI=1S/C26H22OP.BrH/c1-21(27)22-17-19-26(20-18-22)28(23-11-5-2-6-12-23,24-13-7-3-8-14-24)25-15-9-4-10-16-25;/h2-20H,1H3;1H/q+1;/p-1. The van der Waals surface area contributed by atoms with Gasteiger partial charge in [0, 0.05) is 5.56 Å². The van der Waals surface area contributed by atoms with E-state index in [2.05, 4.69) is 103 Å². The maximum absolute atomic E-state index is 11.8. The Labute approximate surface area is 183 Å². The third kappa shape index (κ3) is 3.96. The molecule has 0 fully saturated rings. The van der Waals surface area contributed by atoms with Gasteiger partial charge in [-0.15, -0.1) is 0 Å². The van der Waals surface area contributed by atoms with E-state index in [1.807, 2.05) is 12.1 Å². The number of carbonyl (C=O) groups excluding carboxylic acids is 1. The van der Waals surface area contributed by atoms with Crippen molar-refractivity contribution in [2.24, 2.45) is 0 Å². The predicted octanol–water partition coefficient (Wildman–Crippen LogP) is 1.51. The zero-order chi connectivity index (χ0) is 19.4. The Balaban J connectivity index is 0.00000240. The van der Waals surface area contributed by atoms with Crippen LogP contribution in [0.1, 0.15) is 17.3 Å². The molecule has 4 aromatic rings. The molecule has 0 aromatic heterocycles. The molecule has 0 heterocycles. The van der Waals surface area contributed by atoms with Crippen molar-refractivity contribution in [3.63, 3.8) is 0 Å². The normalized spacial score (nSPS) is 10.8. The molecule has 0 aliphatic rings. The SMILES string of the molecule is CC(=O)c1ccc([P+](c2ccccc2)(c2ccccc2)c2ccccc2)cc1.[Br-]. The number of carbonyl (C=O) groups is 1. The highest BCUT2D eigenvalue weighted by molar-refractivity contribution is 8.01. The molecule has 0 aliphatic heterocycles. The topological polar surface area (TPSA) is 17.1 Å². The predicted molar refractivity (Wildman–Crippen MR) is 121 cm³/mol. The quantitative estimate of drug-likeness (QED) is 0.326. The Morgan fingerprint density at radius 2 is 0.828 bits per heavy atom. The summed E-state index contributed by atoms with van der Waals surface area (Å²) < 4.78 is 0. The van der Waals surface area contributed by atoms with Gasteiger partial charge in [-0.05, 0) is 67.6 Å². The van der Waals surface area contributed by atoms with Crippen LogP contribution in [0.25, 0.3) is 0 Å². The summed E-state index contributed by atoms with van der Waals surface area (Å²) in [6.45, 7) is 1.61.